The minimum Gasteiger partial charge on any atom is -0.456 e. The molecular weight excluding hydrogens is 536 g/mol. The summed E-state index contributed by atoms with van der Waals surface area (Å²) in [4.78, 5) is 7.11. The van der Waals surface area contributed by atoms with E-state index < -0.39 is 0 Å². The number of nitrogens with zero attached hydrogens (tertiary/aromatic N) is 2. The van der Waals surface area contributed by atoms with Crippen molar-refractivity contribution in [3.8, 4) is 11.5 Å². The molecule has 0 saturated heterocycles. The average Bonchev–Trinajstić information content (AvgIpc) is 3.73. The molecule has 198 valence electrons. The highest BCUT2D eigenvalue weighted by Crippen LogP contribution is 2.42. The predicted molar refractivity (Wildman–Crippen MR) is 174 cm³/mol. The first-order valence-electron chi connectivity index (χ1n) is 13.9. The van der Waals surface area contributed by atoms with Crippen molar-refractivity contribution >= 4 is 81.6 Å². The number of hydrogen-bond donors (Lipinski definition) is 0. The van der Waals surface area contributed by atoms with Gasteiger partial charge in [0.2, 0.25) is 5.89 Å². The summed E-state index contributed by atoms with van der Waals surface area (Å²) in [6.45, 7) is 0. The van der Waals surface area contributed by atoms with Crippen molar-refractivity contribution in [2.45, 2.75) is 0 Å². The van der Waals surface area contributed by atoms with Crippen LogP contribution in [0.25, 0.3) is 64.7 Å². The first kappa shape index (κ1) is 23.3. The van der Waals surface area contributed by atoms with Crippen LogP contribution in [0.3, 0.4) is 0 Å². The Bertz CT molecular complexity index is 2420. The molecule has 0 fully saturated rings. The molecule has 0 saturated carbocycles. The number of fused-ring (bicyclic) bond motifs is 7. The van der Waals surface area contributed by atoms with Crippen molar-refractivity contribution < 1.29 is 8.83 Å². The third-order valence-corrected chi connectivity index (χ3v) is 9.01. The van der Waals surface area contributed by atoms with E-state index in [0.29, 0.717) is 11.5 Å². The van der Waals surface area contributed by atoms with Crippen LogP contribution in [-0.4, -0.2) is 4.98 Å². The van der Waals surface area contributed by atoms with Crippen LogP contribution in [0.5, 0.6) is 0 Å². The second-order valence-electron chi connectivity index (χ2n) is 10.4. The zero-order chi connectivity index (χ0) is 27.6. The highest BCUT2D eigenvalue weighted by molar-refractivity contribution is 7.25. The lowest BCUT2D eigenvalue weighted by Gasteiger charge is -2.25. The summed E-state index contributed by atoms with van der Waals surface area (Å²) in [7, 11) is 0. The molecule has 5 heteroatoms. The molecule has 0 aliphatic carbocycles. The monoisotopic (exact) mass is 558 g/mol. The van der Waals surface area contributed by atoms with Gasteiger partial charge in [-0.25, -0.2) is 4.98 Å². The topological polar surface area (TPSA) is 42.4 Å². The Morgan fingerprint density at radius 3 is 2.07 bits per heavy atom. The summed E-state index contributed by atoms with van der Waals surface area (Å²) < 4.78 is 15.0. The summed E-state index contributed by atoms with van der Waals surface area (Å²) in [5.74, 6) is 0.607. The van der Waals surface area contributed by atoms with Crippen LogP contribution in [0.15, 0.2) is 142 Å². The predicted octanol–water partition coefficient (Wildman–Crippen LogP) is 11.2. The number of oxazole rings is 1. The van der Waals surface area contributed by atoms with Crippen LogP contribution in [0.4, 0.5) is 17.1 Å². The number of rotatable bonds is 4. The molecule has 6 aromatic carbocycles. The Kier molecular flexibility index (Phi) is 5.03. The van der Waals surface area contributed by atoms with Gasteiger partial charge in [0.05, 0.1) is 0 Å². The lowest BCUT2D eigenvalue weighted by atomic mass is 10.1. The Balaban J connectivity index is 1.22. The van der Waals surface area contributed by atoms with Gasteiger partial charge in [0.25, 0.3) is 0 Å². The molecule has 3 aromatic heterocycles. The van der Waals surface area contributed by atoms with E-state index in [1.165, 1.54) is 20.2 Å². The molecule has 4 nitrogen and oxygen atoms in total. The first-order valence-corrected chi connectivity index (χ1v) is 14.7. The maximum absolute atomic E-state index is 6.31. The number of thiophene rings is 1. The molecule has 0 bridgehead atoms. The zero-order valence-corrected chi connectivity index (χ0v) is 23.1. The summed E-state index contributed by atoms with van der Waals surface area (Å²) in [5, 5.41) is 4.64. The van der Waals surface area contributed by atoms with Gasteiger partial charge in [-0.05, 0) is 66.7 Å². The zero-order valence-electron chi connectivity index (χ0n) is 22.3. The molecule has 0 aliphatic heterocycles. The van der Waals surface area contributed by atoms with E-state index in [4.69, 9.17) is 13.8 Å². The van der Waals surface area contributed by atoms with Crippen molar-refractivity contribution in [1.29, 1.82) is 0 Å². The van der Waals surface area contributed by atoms with Gasteiger partial charge < -0.3 is 13.7 Å². The van der Waals surface area contributed by atoms with E-state index in [1.54, 1.807) is 0 Å². The van der Waals surface area contributed by atoms with E-state index in [9.17, 15) is 0 Å². The smallest absolute Gasteiger partial charge is 0.227 e. The van der Waals surface area contributed by atoms with Crippen molar-refractivity contribution in [2.75, 3.05) is 4.90 Å². The van der Waals surface area contributed by atoms with Gasteiger partial charge in [-0.2, -0.15) is 0 Å². The molecule has 9 aromatic rings. The van der Waals surface area contributed by atoms with E-state index in [1.807, 2.05) is 47.7 Å². The Morgan fingerprint density at radius 1 is 0.476 bits per heavy atom. The second-order valence-corrected chi connectivity index (χ2v) is 11.5. The van der Waals surface area contributed by atoms with Gasteiger partial charge >= 0.3 is 0 Å². The minimum absolute atomic E-state index is 0.607. The molecule has 0 aliphatic rings. The minimum atomic E-state index is 0.607. The number of aromatic nitrogens is 1. The van der Waals surface area contributed by atoms with Crippen LogP contribution >= 0.6 is 11.3 Å². The number of benzene rings is 6. The SMILES string of the molecule is c1ccc(-c2nc3cc4c(cc3o2)oc2ccc(N(c3ccccc3)c3ccc5c(c3)sc3ccccc35)cc24)cc1. The number of furan rings is 1. The second kappa shape index (κ2) is 9.06. The molecule has 0 N–H and O–H groups in total. The summed E-state index contributed by atoms with van der Waals surface area (Å²) in [6.07, 6.45) is 0. The highest BCUT2D eigenvalue weighted by Gasteiger charge is 2.18. The standard InChI is InChI=1S/C37H22N2O2S/c1-3-9-23(10-4-1)37-38-31-21-30-29-19-25(16-18-32(29)40-33(30)22-34(31)41-37)39(24-11-5-2-6-12-24)26-15-17-28-27-13-7-8-14-35(27)42-36(28)20-26/h1-22H. The molecule has 9 rings (SSSR count). The van der Waals surface area contributed by atoms with Gasteiger partial charge in [-0.3, -0.25) is 0 Å². The quantitative estimate of drug-likeness (QED) is 0.215. The van der Waals surface area contributed by atoms with Crippen molar-refractivity contribution in [3.05, 3.63) is 133 Å². The van der Waals surface area contributed by atoms with Gasteiger partial charge in [-0.1, -0.05) is 60.7 Å². The number of hydrogen-bond acceptors (Lipinski definition) is 5. The lowest BCUT2D eigenvalue weighted by molar-refractivity contribution is 0.617. The number of anilines is 3. The van der Waals surface area contributed by atoms with Crippen LogP contribution in [0.1, 0.15) is 0 Å². The fraction of sp³-hybridized carbons (Fsp3) is 0. The third kappa shape index (κ3) is 3.64. The summed E-state index contributed by atoms with van der Waals surface area (Å²) in [5.41, 5.74) is 7.35. The maximum atomic E-state index is 6.31. The average molecular weight is 559 g/mol. The first-order chi connectivity index (χ1) is 20.8. The highest BCUT2D eigenvalue weighted by atomic mass is 32.1. The molecule has 3 heterocycles. The number of para-hydroxylation sites is 1. The molecule has 0 atom stereocenters. The Hall–Kier alpha value is -5.39. The maximum Gasteiger partial charge on any atom is 0.227 e. The van der Waals surface area contributed by atoms with Crippen molar-refractivity contribution in [3.63, 3.8) is 0 Å². The van der Waals surface area contributed by atoms with Crippen molar-refractivity contribution in [2.24, 2.45) is 0 Å². The van der Waals surface area contributed by atoms with E-state index in [2.05, 4.69) is 102 Å². The van der Waals surface area contributed by atoms with Crippen LogP contribution < -0.4 is 4.90 Å². The molecule has 0 radical (unpaired) electrons. The van der Waals surface area contributed by atoms with E-state index >= 15 is 0 Å². The van der Waals surface area contributed by atoms with Gasteiger partial charge in [0.15, 0.2) is 5.58 Å². The van der Waals surface area contributed by atoms with E-state index in [-0.39, 0.29) is 0 Å². The molecule has 0 amide bonds. The largest absolute Gasteiger partial charge is 0.456 e. The Morgan fingerprint density at radius 2 is 1.19 bits per heavy atom. The van der Waals surface area contributed by atoms with E-state index in [0.717, 1.165) is 50.1 Å². The van der Waals surface area contributed by atoms with Gasteiger partial charge in [0.1, 0.15) is 16.7 Å². The summed E-state index contributed by atoms with van der Waals surface area (Å²) >= 11 is 1.83. The van der Waals surface area contributed by atoms with Crippen LogP contribution in [-0.2, 0) is 0 Å². The van der Waals surface area contributed by atoms with Crippen molar-refractivity contribution in [1.82, 2.24) is 4.98 Å². The fourth-order valence-electron chi connectivity index (χ4n) is 5.91. The normalized spacial score (nSPS) is 11.8. The van der Waals surface area contributed by atoms with Crippen LogP contribution in [0, 0.1) is 0 Å². The van der Waals surface area contributed by atoms with Crippen LogP contribution in [0.2, 0.25) is 0 Å². The Labute approximate surface area is 244 Å². The summed E-state index contributed by atoms with van der Waals surface area (Å²) in [6, 6.07) is 46.3. The lowest BCUT2D eigenvalue weighted by Crippen LogP contribution is -2.09. The van der Waals surface area contributed by atoms with Gasteiger partial charge in [0, 0.05) is 59.6 Å². The molecule has 0 unspecified atom stereocenters. The fourth-order valence-corrected chi connectivity index (χ4v) is 7.05. The molecule has 42 heavy (non-hydrogen) atoms. The third-order valence-electron chi connectivity index (χ3n) is 7.88. The molecule has 0 spiro atoms. The molecular formula is C37H22N2O2S. The van der Waals surface area contributed by atoms with Gasteiger partial charge in [-0.15, -0.1) is 11.3 Å².